The molecule has 0 bridgehead atoms. The minimum atomic E-state index is 0.209. The van der Waals surface area contributed by atoms with Gasteiger partial charge in [-0.15, -0.1) is 0 Å². The number of hydrogen-bond acceptors (Lipinski definition) is 2. The van der Waals surface area contributed by atoms with Crippen LogP contribution in [0.25, 0.3) is 0 Å². The highest BCUT2D eigenvalue weighted by atomic mass is 15.3. The van der Waals surface area contributed by atoms with Gasteiger partial charge in [-0.3, -0.25) is 4.99 Å². The normalized spacial score (nSPS) is 11.6. The molecule has 0 spiro atoms. The van der Waals surface area contributed by atoms with Gasteiger partial charge in [0.25, 0.3) is 0 Å². The molecule has 0 radical (unpaired) electrons. The number of aliphatic imine (C=N–C) groups is 1. The van der Waals surface area contributed by atoms with Crippen molar-refractivity contribution in [2.75, 3.05) is 55.4 Å². The predicted octanol–water partition coefficient (Wildman–Crippen LogP) is 1.05. The van der Waals surface area contributed by atoms with Crippen molar-refractivity contribution in [2.45, 2.75) is 13.8 Å². The van der Waals surface area contributed by atoms with Gasteiger partial charge >= 0.3 is 0 Å². The van der Waals surface area contributed by atoms with Crippen molar-refractivity contribution in [3.63, 3.8) is 0 Å². The zero-order valence-corrected chi connectivity index (χ0v) is 12.2. The molecule has 0 saturated carbocycles. The Bertz CT molecular complexity index is 219. The smallest absolute Gasteiger partial charge is 0.195 e. The molecule has 0 atom stereocenters. The topological polar surface area (TPSA) is 22.1 Å². The summed E-state index contributed by atoms with van der Waals surface area (Å²) in [5.74, 6) is 1.02. The third kappa shape index (κ3) is 5.95. The molecular formula is C12H28N4. The van der Waals surface area contributed by atoms with E-state index in [9.17, 15) is 0 Å². The van der Waals surface area contributed by atoms with E-state index in [1.54, 1.807) is 0 Å². The molecule has 96 valence electrons. The average Bonchev–Trinajstić information content (AvgIpc) is 1.99. The van der Waals surface area contributed by atoms with Crippen molar-refractivity contribution in [3.05, 3.63) is 0 Å². The molecule has 0 heterocycles. The lowest BCUT2D eigenvalue weighted by atomic mass is 9.93. The zero-order valence-electron chi connectivity index (χ0n) is 12.2. The highest BCUT2D eigenvalue weighted by Gasteiger charge is 2.19. The van der Waals surface area contributed by atoms with E-state index in [0.29, 0.717) is 0 Å². The van der Waals surface area contributed by atoms with Crippen LogP contribution in [0.5, 0.6) is 0 Å². The van der Waals surface area contributed by atoms with Crippen molar-refractivity contribution in [3.8, 4) is 0 Å². The fraction of sp³-hybridized carbons (Fsp3) is 0.917. The summed E-state index contributed by atoms with van der Waals surface area (Å²) in [6, 6.07) is 0. The van der Waals surface area contributed by atoms with E-state index in [4.69, 9.17) is 0 Å². The van der Waals surface area contributed by atoms with Crippen molar-refractivity contribution < 1.29 is 0 Å². The van der Waals surface area contributed by atoms with Crippen LogP contribution in [0.3, 0.4) is 0 Å². The van der Waals surface area contributed by atoms with Gasteiger partial charge in [-0.1, -0.05) is 13.8 Å². The van der Waals surface area contributed by atoms with E-state index in [2.05, 4.69) is 37.8 Å². The molecule has 0 saturated heterocycles. The molecule has 0 aromatic rings. The Labute approximate surface area is 101 Å². The van der Waals surface area contributed by atoms with Gasteiger partial charge in [-0.25, -0.2) is 0 Å². The summed E-state index contributed by atoms with van der Waals surface area (Å²) >= 11 is 0. The van der Waals surface area contributed by atoms with E-state index < -0.39 is 0 Å². The summed E-state index contributed by atoms with van der Waals surface area (Å²) in [6.07, 6.45) is 0. The first-order valence-electron chi connectivity index (χ1n) is 5.69. The zero-order chi connectivity index (χ0) is 12.9. The van der Waals surface area contributed by atoms with Gasteiger partial charge < -0.3 is 14.7 Å². The van der Waals surface area contributed by atoms with Crippen molar-refractivity contribution in [1.82, 2.24) is 14.7 Å². The second-order valence-corrected chi connectivity index (χ2v) is 5.81. The molecule has 0 aromatic heterocycles. The standard InChI is InChI=1S/C12H28N4/c1-12(2,10-14(3)4)9-13-11(15(5)6)16(7)8/h9-10H2,1-8H3. The number of hydrogen-bond donors (Lipinski definition) is 0. The molecule has 0 fully saturated rings. The van der Waals surface area contributed by atoms with E-state index in [-0.39, 0.29) is 5.41 Å². The van der Waals surface area contributed by atoms with Crippen molar-refractivity contribution >= 4 is 5.96 Å². The van der Waals surface area contributed by atoms with Crippen LogP contribution in [0, 0.1) is 5.41 Å². The minimum absolute atomic E-state index is 0.209. The van der Waals surface area contributed by atoms with Gasteiger partial charge in [0.05, 0.1) is 0 Å². The maximum Gasteiger partial charge on any atom is 0.195 e. The van der Waals surface area contributed by atoms with Gasteiger partial charge in [0.2, 0.25) is 0 Å². The summed E-state index contributed by atoms with van der Waals surface area (Å²) in [4.78, 5) is 11.0. The Morgan fingerprint density at radius 1 is 0.938 bits per heavy atom. The minimum Gasteiger partial charge on any atom is -0.349 e. The Kier molecular flexibility index (Phi) is 5.79. The molecule has 0 aliphatic heterocycles. The Morgan fingerprint density at radius 3 is 1.69 bits per heavy atom. The van der Waals surface area contributed by atoms with Crippen LogP contribution in [0.2, 0.25) is 0 Å². The molecule has 16 heavy (non-hydrogen) atoms. The molecule has 4 heteroatoms. The lowest BCUT2D eigenvalue weighted by molar-refractivity contribution is 0.247. The first kappa shape index (κ1) is 15.2. The number of nitrogens with zero attached hydrogens (tertiary/aromatic N) is 4. The first-order chi connectivity index (χ1) is 7.15. The fourth-order valence-corrected chi connectivity index (χ4v) is 1.87. The van der Waals surface area contributed by atoms with Gasteiger partial charge in [0.15, 0.2) is 5.96 Å². The summed E-state index contributed by atoms with van der Waals surface area (Å²) in [5.41, 5.74) is 0.209. The van der Waals surface area contributed by atoms with Gasteiger partial charge in [-0.2, -0.15) is 0 Å². The maximum absolute atomic E-state index is 4.69. The fourth-order valence-electron chi connectivity index (χ4n) is 1.87. The van der Waals surface area contributed by atoms with Crippen LogP contribution in [0.1, 0.15) is 13.8 Å². The van der Waals surface area contributed by atoms with Crippen LogP contribution >= 0.6 is 0 Å². The van der Waals surface area contributed by atoms with Gasteiger partial charge in [0, 0.05) is 41.3 Å². The Morgan fingerprint density at radius 2 is 1.38 bits per heavy atom. The monoisotopic (exact) mass is 228 g/mol. The molecule has 0 aliphatic carbocycles. The van der Waals surface area contributed by atoms with E-state index in [1.165, 1.54) is 0 Å². The number of rotatable bonds is 4. The third-order valence-electron chi connectivity index (χ3n) is 2.19. The lowest BCUT2D eigenvalue weighted by Gasteiger charge is -2.29. The molecule has 0 N–H and O–H groups in total. The highest BCUT2D eigenvalue weighted by molar-refractivity contribution is 5.79. The summed E-state index contributed by atoms with van der Waals surface area (Å²) < 4.78 is 0. The SMILES string of the molecule is CN(C)CC(C)(C)CN=C(N(C)C)N(C)C. The number of guanidine groups is 1. The van der Waals surface area contributed by atoms with Crippen molar-refractivity contribution in [2.24, 2.45) is 10.4 Å². The van der Waals surface area contributed by atoms with Crippen LogP contribution in [-0.4, -0.2) is 76.0 Å². The summed E-state index contributed by atoms with van der Waals surface area (Å²) in [7, 11) is 12.3. The molecule has 0 unspecified atom stereocenters. The largest absolute Gasteiger partial charge is 0.349 e. The third-order valence-corrected chi connectivity index (χ3v) is 2.19. The molecule has 4 nitrogen and oxygen atoms in total. The first-order valence-corrected chi connectivity index (χ1v) is 5.69. The highest BCUT2D eigenvalue weighted by Crippen LogP contribution is 2.16. The quantitative estimate of drug-likeness (QED) is 0.530. The molecular weight excluding hydrogens is 200 g/mol. The van der Waals surface area contributed by atoms with Crippen LogP contribution in [0.4, 0.5) is 0 Å². The predicted molar refractivity (Wildman–Crippen MR) is 72.0 cm³/mol. The maximum atomic E-state index is 4.69. The van der Waals surface area contributed by atoms with E-state index in [1.807, 2.05) is 38.0 Å². The van der Waals surface area contributed by atoms with E-state index in [0.717, 1.165) is 19.0 Å². The second-order valence-electron chi connectivity index (χ2n) is 5.81. The average molecular weight is 228 g/mol. The van der Waals surface area contributed by atoms with E-state index >= 15 is 0 Å². The van der Waals surface area contributed by atoms with Crippen LogP contribution in [-0.2, 0) is 0 Å². The van der Waals surface area contributed by atoms with Gasteiger partial charge in [-0.05, 0) is 19.5 Å². The van der Waals surface area contributed by atoms with Crippen LogP contribution < -0.4 is 0 Å². The van der Waals surface area contributed by atoms with Crippen molar-refractivity contribution in [1.29, 1.82) is 0 Å². The lowest BCUT2D eigenvalue weighted by Crippen LogP contribution is -2.37. The molecule has 0 aromatic carbocycles. The Hall–Kier alpha value is -0.770. The second kappa shape index (κ2) is 6.09. The molecule has 0 amide bonds. The van der Waals surface area contributed by atoms with Crippen LogP contribution in [0.15, 0.2) is 4.99 Å². The molecule has 0 aliphatic rings. The Balaban J connectivity index is 4.53. The summed E-state index contributed by atoms with van der Waals surface area (Å²) in [6.45, 7) is 6.39. The molecule has 0 rings (SSSR count). The summed E-state index contributed by atoms with van der Waals surface area (Å²) in [5, 5.41) is 0. The van der Waals surface area contributed by atoms with Gasteiger partial charge in [0.1, 0.15) is 0 Å².